The van der Waals surface area contributed by atoms with Crippen LogP contribution in [0.2, 0.25) is 0 Å². The number of nitrogens with zero attached hydrogens (tertiary/aromatic N) is 7. The molecule has 18 rings (SSSR count). The van der Waals surface area contributed by atoms with E-state index in [1.165, 1.54) is 16.2 Å². The fourth-order valence-electron chi connectivity index (χ4n) is 13.6. The van der Waals surface area contributed by atoms with Crippen LogP contribution in [0.4, 0.5) is 0 Å². The van der Waals surface area contributed by atoms with Gasteiger partial charge in [0.05, 0.1) is 62.2 Å². The monoisotopic (exact) mass is 1360 g/mol. The Bertz CT molecular complexity index is 5760. The zero-order valence-corrected chi connectivity index (χ0v) is 51.6. The molecule has 0 fully saturated rings. The molecule has 0 spiro atoms. The van der Waals surface area contributed by atoms with Crippen LogP contribution in [0, 0.1) is 18.5 Å². The van der Waals surface area contributed by atoms with E-state index < -0.39 is 0 Å². The summed E-state index contributed by atoms with van der Waals surface area (Å²) in [6.45, 7) is 0. The predicted octanol–water partition coefficient (Wildman–Crippen LogP) is 19.8. The quantitative estimate of drug-likeness (QED) is 0.0958. The summed E-state index contributed by atoms with van der Waals surface area (Å²) in [5.74, 6) is 2.27. The molecular weight excluding hydrogens is 1310 g/mol. The maximum atomic E-state index is 6.84. The van der Waals surface area contributed by atoms with Crippen molar-refractivity contribution < 1.29 is 30.4 Å². The first-order valence-corrected chi connectivity index (χ1v) is 30.5. The number of pyridine rings is 2. The van der Waals surface area contributed by atoms with Gasteiger partial charge in [-0.1, -0.05) is 224 Å². The standard InChI is InChI=1S/C83H51N7O.Pt/c1-4-21-55(22-5-1)59-47-60(56-23-6-2-7-24-56)49-61(48-59)58-39-43-76-71(50-58)69-42-41-63(91-64-45-46-84-82(52-64)87-54-86(77-36-18-19-37-78(77)87)72-32-14-10-27-65(72)57-25-8-3-9-26-57)51-80(69)90(76)81-44-40-62(53-85-81)88-73-33-15-13-30-68(73)70-31-20-38-79(83(70)88)89-74-34-16-11-28-66(74)67-29-12-17-35-75(67)89;/h1-50,53H;/q-2;. The van der Waals surface area contributed by atoms with Gasteiger partial charge in [-0.3, -0.25) is 14.1 Å². The van der Waals surface area contributed by atoms with Crippen LogP contribution in [0.3, 0.4) is 0 Å². The molecule has 9 heteroatoms. The largest absolute Gasteiger partial charge is 0.522 e. The van der Waals surface area contributed by atoms with E-state index >= 15 is 0 Å². The Hall–Kier alpha value is -11.7. The molecule has 12 aromatic carbocycles. The molecular formula is C83H51N7OPt-2. The minimum Gasteiger partial charge on any atom is -0.522 e. The zero-order valence-electron chi connectivity index (χ0n) is 49.3. The molecule has 6 heterocycles. The van der Waals surface area contributed by atoms with E-state index in [0.29, 0.717) is 17.3 Å². The molecule has 0 radical (unpaired) electrons. The van der Waals surface area contributed by atoms with Crippen molar-refractivity contribution in [2.45, 2.75) is 0 Å². The van der Waals surface area contributed by atoms with Crippen molar-refractivity contribution >= 4 is 76.5 Å². The Labute approximate surface area is 544 Å². The summed E-state index contributed by atoms with van der Waals surface area (Å²) in [5.41, 5.74) is 20.3. The molecule has 6 aromatic heterocycles. The second-order valence-corrected chi connectivity index (χ2v) is 23.0. The normalized spacial score (nSPS) is 11.6. The Balaban J connectivity index is 0.00000648. The number of hydrogen-bond donors (Lipinski definition) is 0. The Morgan fingerprint density at radius 1 is 0.359 bits per heavy atom. The van der Waals surface area contributed by atoms with Crippen LogP contribution >= 0.6 is 0 Å². The van der Waals surface area contributed by atoms with E-state index in [2.05, 4.69) is 310 Å². The van der Waals surface area contributed by atoms with Gasteiger partial charge in [-0.15, -0.1) is 17.5 Å². The van der Waals surface area contributed by atoms with E-state index in [-0.39, 0.29) is 21.1 Å². The van der Waals surface area contributed by atoms with Crippen molar-refractivity contribution in [3.05, 3.63) is 328 Å². The molecule has 0 amide bonds. The summed E-state index contributed by atoms with van der Waals surface area (Å²) in [6, 6.07) is 112. The molecule has 0 saturated carbocycles. The maximum absolute atomic E-state index is 6.84. The van der Waals surface area contributed by atoms with Gasteiger partial charge in [0.2, 0.25) is 0 Å². The number of para-hydroxylation sites is 7. The summed E-state index contributed by atoms with van der Waals surface area (Å²) in [6.07, 6.45) is 7.41. The van der Waals surface area contributed by atoms with Gasteiger partial charge in [0.15, 0.2) is 0 Å². The average Bonchev–Trinajstić information content (AvgIpc) is 1.58. The summed E-state index contributed by atoms with van der Waals surface area (Å²) in [7, 11) is 0. The molecule has 0 bridgehead atoms. The number of rotatable bonds is 11. The average molecular weight is 1360 g/mol. The minimum absolute atomic E-state index is 0. The van der Waals surface area contributed by atoms with Gasteiger partial charge in [0, 0.05) is 53.9 Å². The van der Waals surface area contributed by atoms with Crippen molar-refractivity contribution in [2.75, 3.05) is 0 Å². The van der Waals surface area contributed by atoms with E-state index in [9.17, 15) is 0 Å². The third-order valence-electron chi connectivity index (χ3n) is 17.7. The second-order valence-electron chi connectivity index (χ2n) is 23.0. The summed E-state index contributed by atoms with van der Waals surface area (Å²) in [4.78, 5) is 10.3. The molecule has 0 atom stereocenters. The van der Waals surface area contributed by atoms with Gasteiger partial charge in [-0.05, 0) is 122 Å². The fraction of sp³-hybridized carbons (Fsp3) is 0. The second kappa shape index (κ2) is 22.4. The molecule has 0 N–H and O–H groups in total. The third-order valence-corrected chi connectivity index (χ3v) is 17.7. The van der Waals surface area contributed by atoms with E-state index in [4.69, 9.17) is 14.7 Å². The maximum Gasteiger partial charge on any atom is 0.269 e. The molecule has 8 nitrogen and oxygen atoms in total. The van der Waals surface area contributed by atoms with Crippen LogP contribution in [0.25, 0.3) is 150 Å². The molecule has 0 aliphatic heterocycles. The molecule has 0 saturated heterocycles. The van der Waals surface area contributed by atoms with E-state index in [1.54, 1.807) is 6.20 Å². The first-order valence-electron chi connectivity index (χ1n) is 30.5. The molecule has 0 aliphatic rings. The molecule has 0 unspecified atom stereocenters. The van der Waals surface area contributed by atoms with Gasteiger partial charge in [-0.2, -0.15) is 18.2 Å². The van der Waals surface area contributed by atoms with E-state index in [1.807, 2.05) is 35.0 Å². The van der Waals surface area contributed by atoms with Crippen molar-refractivity contribution in [3.63, 3.8) is 0 Å². The van der Waals surface area contributed by atoms with Gasteiger partial charge < -0.3 is 18.4 Å². The molecule has 92 heavy (non-hydrogen) atoms. The number of fused-ring (bicyclic) bond motifs is 10. The first-order chi connectivity index (χ1) is 45.1. The summed E-state index contributed by atoms with van der Waals surface area (Å²) < 4.78 is 17.9. The van der Waals surface area contributed by atoms with Crippen molar-refractivity contribution in [1.82, 2.24) is 28.2 Å². The van der Waals surface area contributed by atoms with Crippen LogP contribution in [-0.4, -0.2) is 28.2 Å². The van der Waals surface area contributed by atoms with Crippen LogP contribution in [0.15, 0.2) is 310 Å². The Morgan fingerprint density at radius 3 is 1.61 bits per heavy atom. The number of imidazole rings is 1. The molecule has 0 aliphatic carbocycles. The summed E-state index contributed by atoms with van der Waals surface area (Å²) in [5, 5.41) is 6.82. The SMILES string of the molecule is [Pt].[c-]1c(Oc2[c-]c3c(cc2)c2cc(-c4cc(-c5ccccc5)cc(-c5ccccc5)c4)ccc2n3-c2ccc(-n3c4ccccc4c4cccc(-n5c6ccccc6c6ccccc65)c43)cn2)ccnc1-n1[c-][n+](-c2ccccc2-c2ccccc2)c2ccccc21. The molecule has 436 valence electrons. The van der Waals surface area contributed by atoms with Gasteiger partial charge >= 0.3 is 0 Å². The van der Waals surface area contributed by atoms with Gasteiger partial charge in [0.25, 0.3) is 6.33 Å². The third kappa shape index (κ3) is 9.06. The fourth-order valence-corrected chi connectivity index (χ4v) is 13.6. The number of benzene rings is 12. The predicted molar refractivity (Wildman–Crippen MR) is 368 cm³/mol. The topological polar surface area (TPSA) is 58.6 Å². The van der Waals surface area contributed by atoms with Gasteiger partial charge in [-0.25, -0.2) is 4.98 Å². The number of aromatic nitrogens is 7. The smallest absolute Gasteiger partial charge is 0.269 e. The molecule has 18 aromatic rings. The van der Waals surface area contributed by atoms with Crippen LogP contribution in [0.1, 0.15) is 0 Å². The first kappa shape index (κ1) is 54.4. The Kier molecular flexibility index (Phi) is 13.3. The summed E-state index contributed by atoms with van der Waals surface area (Å²) >= 11 is 0. The van der Waals surface area contributed by atoms with Crippen molar-refractivity contribution in [1.29, 1.82) is 0 Å². The van der Waals surface area contributed by atoms with Crippen molar-refractivity contribution in [2.24, 2.45) is 0 Å². The number of ether oxygens (including phenoxy) is 1. The van der Waals surface area contributed by atoms with Gasteiger partial charge in [0.1, 0.15) is 5.82 Å². The van der Waals surface area contributed by atoms with E-state index in [0.717, 1.165) is 128 Å². The van der Waals surface area contributed by atoms with Crippen LogP contribution in [-0.2, 0) is 21.1 Å². The minimum atomic E-state index is 0. The number of hydrogen-bond acceptors (Lipinski definition) is 3. The van der Waals surface area contributed by atoms with Crippen LogP contribution in [0.5, 0.6) is 11.5 Å². The zero-order chi connectivity index (χ0) is 59.9. The Morgan fingerprint density at radius 2 is 0.924 bits per heavy atom. The van der Waals surface area contributed by atoms with Crippen LogP contribution < -0.4 is 9.30 Å². The van der Waals surface area contributed by atoms with Crippen molar-refractivity contribution in [3.8, 4) is 84.7 Å².